The van der Waals surface area contributed by atoms with Crippen LogP contribution in [0.5, 0.6) is 0 Å². The van der Waals surface area contributed by atoms with Crippen LogP contribution in [0.2, 0.25) is 0 Å². The summed E-state index contributed by atoms with van der Waals surface area (Å²) in [5.41, 5.74) is 0. The first-order valence-electron chi connectivity index (χ1n) is 3.10. The van der Waals surface area contributed by atoms with Crippen molar-refractivity contribution in [3.8, 4) is 0 Å². The average Bonchev–Trinajstić information content (AvgIpc) is 1.83. The van der Waals surface area contributed by atoms with Crippen molar-refractivity contribution >= 4 is 5.78 Å². The van der Waals surface area contributed by atoms with Crippen molar-refractivity contribution in [3.05, 3.63) is 0 Å². The maximum absolute atomic E-state index is 10.6. The van der Waals surface area contributed by atoms with Gasteiger partial charge in [0.15, 0.2) is 5.78 Å². The Morgan fingerprint density at radius 1 is 1.44 bits per heavy atom. The lowest BCUT2D eigenvalue weighted by Crippen LogP contribution is -2.37. The zero-order valence-corrected chi connectivity index (χ0v) is 5.08. The normalized spacial score (nSPS) is 36.9. The number of carbonyl (C=O) groups is 1. The van der Waals surface area contributed by atoms with Gasteiger partial charge in [-0.05, 0) is 12.8 Å². The molecule has 0 unspecified atom stereocenters. The van der Waals surface area contributed by atoms with Crippen LogP contribution < -0.4 is 0 Å². The van der Waals surface area contributed by atoms with Gasteiger partial charge in [-0.15, -0.1) is 0 Å². The Morgan fingerprint density at radius 3 is 2.56 bits per heavy atom. The van der Waals surface area contributed by atoms with Gasteiger partial charge >= 0.3 is 0 Å². The molecule has 52 valence electrons. The summed E-state index contributed by atoms with van der Waals surface area (Å²) in [6.07, 6.45) is -0.257. The summed E-state index contributed by atoms with van der Waals surface area (Å²) in [5, 5.41) is 17.7. The minimum absolute atomic E-state index is 0.228. The minimum Gasteiger partial charge on any atom is -0.390 e. The largest absolute Gasteiger partial charge is 0.390 e. The van der Waals surface area contributed by atoms with E-state index in [4.69, 9.17) is 10.2 Å². The van der Waals surface area contributed by atoms with Crippen LogP contribution in [-0.4, -0.2) is 28.2 Å². The van der Waals surface area contributed by atoms with E-state index in [-0.39, 0.29) is 5.78 Å². The predicted molar refractivity (Wildman–Crippen MR) is 30.9 cm³/mol. The highest BCUT2D eigenvalue weighted by Gasteiger charge is 2.27. The Hall–Kier alpha value is -0.410. The lowest BCUT2D eigenvalue weighted by molar-refractivity contribution is -0.136. The number of aliphatic hydroxyl groups is 2. The highest BCUT2D eigenvalue weighted by atomic mass is 16.3. The van der Waals surface area contributed by atoms with Gasteiger partial charge in [0.05, 0.1) is 6.10 Å². The summed E-state index contributed by atoms with van der Waals surface area (Å²) >= 11 is 0. The molecule has 2 N–H and O–H groups in total. The number of carbonyl (C=O) groups excluding carboxylic acids is 1. The maximum atomic E-state index is 10.6. The summed E-state index contributed by atoms with van der Waals surface area (Å²) < 4.78 is 0. The van der Waals surface area contributed by atoms with Gasteiger partial charge < -0.3 is 10.2 Å². The van der Waals surface area contributed by atoms with E-state index in [1.165, 1.54) is 0 Å². The molecule has 0 radical (unpaired) electrons. The van der Waals surface area contributed by atoms with Crippen LogP contribution in [0.15, 0.2) is 0 Å². The van der Waals surface area contributed by atoms with E-state index < -0.39 is 12.2 Å². The molecular formula is C6H10O3. The molecule has 0 aromatic carbocycles. The van der Waals surface area contributed by atoms with Gasteiger partial charge in [-0.3, -0.25) is 4.79 Å². The average molecular weight is 130 g/mol. The molecule has 1 fully saturated rings. The fraction of sp³-hybridized carbons (Fsp3) is 0.833. The molecule has 9 heavy (non-hydrogen) atoms. The first kappa shape index (κ1) is 6.71. The maximum Gasteiger partial charge on any atom is 0.163 e. The second-order valence-electron chi connectivity index (χ2n) is 2.37. The molecule has 0 aromatic heterocycles. The highest BCUT2D eigenvalue weighted by Crippen LogP contribution is 2.14. The molecule has 0 heterocycles. The van der Waals surface area contributed by atoms with E-state index in [1.807, 2.05) is 0 Å². The molecule has 3 nitrogen and oxygen atoms in total. The van der Waals surface area contributed by atoms with Crippen LogP contribution in [0, 0.1) is 0 Å². The molecule has 1 rings (SSSR count). The fourth-order valence-corrected chi connectivity index (χ4v) is 1.01. The standard InChI is InChI=1S/C6H10O3/c7-4-2-1-3-5(8)6(4)9/h4,6-7,9H,1-3H2/t4-,6+/m0/s1. The summed E-state index contributed by atoms with van der Waals surface area (Å²) in [4.78, 5) is 10.6. The molecule has 1 aliphatic rings. The first-order chi connectivity index (χ1) is 4.22. The molecule has 3 heteroatoms. The molecule has 0 aromatic rings. The van der Waals surface area contributed by atoms with Crippen LogP contribution in [0.3, 0.4) is 0 Å². The summed E-state index contributed by atoms with van der Waals surface area (Å²) in [6, 6.07) is 0. The number of aliphatic hydroxyl groups excluding tert-OH is 2. The number of hydrogen-bond donors (Lipinski definition) is 2. The Labute approximate surface area is 53.3 Å². The van der Waals surface area contributed by atoms with Crippen LogP contribution in [-0.2, 0) is 4.79 Å². The van der Waals surface area contributed by atoms with E-state index in [1.54, 1.807) is 0 Å². The van der Waals surface area contributed by atoms with Gasteiger partial charge in [0.2, 0.25) is 0 Å². The molecule has 2 atom stereocenters. The molecule has 0 bridgehead atoms. The van der Waals surface area contributed by atoms with Crippen LogP contribution >= 0.6 is 0 Å². The summed E-state index contributed by atoms with van der Waals surface area (Å²) in [5.74, 6) is -0.228. The van der Waals surface area contributed by atoms with E-state index in [0.29, 0.717) is 19.3 Å². The zero-order chi connectivity index (χ0) is 6.85. The topological polar surface area (TPSA) is 57.5 Å². The number of ketones is 1. The molecular weight excluding hydrogens is 120 g/mol. The minimum atomic E-state index is -1.11. The predicted octanol–water partition coefficient (Wildman–Crippen LogP) is -0.539. The lowest BCUT2D eigenvalue weighted by atomic mass is 9.94. The van der Waals surface area contributed by atoms with Crippen molar-refractivity contribution in [2.75, 3.05) is 0 Å². The SMILES string of the molecule is O=C1CCC[C@H](O)[C@H]1O. The second-order valence-corrected chi connectivity index (χ2v) is 2.37. The van der Waals surface area contributed by atoms with Gasteiger partial charge in [-0.2, -0.15) is 0 Å². The van der Waals surface area contributed by atoms with Gasteiger partial charge in [0, 0.05) is 6.42 Å². The molecule has 0 spiro atoms. The third-order valence-corrected chi connectivity index (χ3v) is 1.62. The Balaban J connectivity index is 2.51. The fourth-order valence-electron chi connectivity index (χ4n) is 1.01. The smallest absolute Gasteiger partial charge is 0.163 e. The zero-order valence-electron chi connectivity index (χ0n) is 5.08. The van der Waals surface area contributed by atoms with Crippen molar-refractivity contribution in [2.45, 2.75) is 31.5 Å². The monoisotopic (exact) mass is 130 g/mol. The van der Waals surface area contributed by atoms with Gasteiger partial charge in [-0.1, -0.05) is 0 Å². The molecule has 1 saturated carbocycles. The van der Waals surface area contributed by atoms with Crippen molar-refractivity contribution in [3.63, 3.8) is 0 Å². The Bertz CT molecular complexity index is 121. The Kier molecular flexibility index (Phi) is 1.83. The lowest BCUT2D eigenvalue weighted by Gasteiger charge is -2.20. The van der Waals surface area contributed by atoms with E-state index in [0.717, 1.165) is 0 Å². The second kappa shape index (κ2) is 2.45. The highest BCUT2D eigenvalue weighted by molar-refractivity contribution is 5.84. The Morgan fingerprint density at radius 2 is 2.11 bits per heavy atom. The third kappa shape index (κ3) is 1.28. The quantitative estimate of drug-likeness (QED) is 0.463. The van der Waals surface area contributed by atoms with Crippen LogP contribution in [0.1, 0.15) is 19.3 Å². The van der Waals surface area contributed by atoms with E-state index in [9.17, 15) is 4.79 Å². The van der Waals surface area contributed by atoms with Gasteiger partial charge in [-0.25, -0.2) is 0 Å². The number of Topliss-reactive ketones (excluding diaryl/α,β-unsaturated/α-hetero) is 1. The molecule has 1 aliphatic carbocycles. The number of rotatable bonds is 0. The van der Waals surface area contributed by atoms with Crippen molar-refractivity contribution in [1.82, 2.24) is 0 Å². The molecule has 0 amide bonds. The van der Waals surface area contributed by atoms with Gasteiger partial charge in [0.25, 0.3) is 0 Å². The summed E-state index contributed by atoms with van der Waals surface area (Å²) in [6.45, 7) is 0. The summed E-state index contributed by atoms with van der Waals surface area (Å²) in [7, 11) is 0. The molecule has 0 aliphatic heterocycles. The molecule has 0 saturated heterocycles. The van der Waals surface area contributed by atoms with Crippen molar-refractivity contribution in [2.24, 2.45) is 0 Å². The van der Waals surface area contributed by atoms with Gasteiger partial charge in [0.1, 0.15) is 6.10 Å². The first-order valence-corrected chi connectivity index (χ1v) is 3.10. The third-order valence-electron chi connectivity index (χ3n) is 1.62. The van der Waals surface area contributed by atoms with Crippen molar-refractivity contribution in [1.29, 1.82) is 0 Å². The van der Waals surface area contributed by atoms with Crippen molar-refractivity contribution < 1.29 is 15.0 Å². The van der Waals surface area contributed by atoms with Crippen LogP contribution in [0.4, 0.5) is 0 Å². The number of hydrogen-bond acceptors (Lipinski definition) is 3. The van der Waals surface area contributed by atoms with Crippen LogP contribution in [0.25, 0.3) is 0 Å². The van der Waals surface area contributed by atoms with E-state index >= 15 is 0 Å². The van der Waals surface area contributed by atoms with E-state index in [2.05, 4.69) is 0 Å².